The minimum atomic E-state index is -4.86. The van der Waals surface area contributed by atoms with Crippen LogP contribution in [0.1, 0.15) is 6.92 Å². The molecule has 0 aromatic rings. The van der Waals surface area contributed by atoms with Gasteiger partial charge in [-0.15, -0.1) is 0 Å². The number of allylic oxidation sites excluding steroid dienone is 2. The molecule has 0 saturated carbocycles. The Labute approximate surface area is 135 Å². The summed E-state index contributed by atoms with van der Waals surface area (Å²) in [4.78, 5) is 0. The van der Waals surface area contributed by atoms with Gasteiger partial charge in [0, 0.05) is 0 Å². The van der Waals surface area contributed by atoms with Gasteiger partial charge in [-0.05, 0) is 19.1 Å². The predicted molar refractivity (Wildman–Crippen MR) is 81.6 cm³/mol. The van der Waals surface area contributed by atoms with Crippen LogP contribution in [0.2, 0.25) is 0 Å². The molecule has 136 valence electrons. The van der Waals surface area contributed by atoms with E-state index in [0.29, 0.717) is 0 Å². The quantitative estimate of drug-likeness (QED) is 0.254. The lowest BCUT2D eigenvalue weighted by Crippen LogP contribution is -2.46. The van der Waals surface area contributed by atoms with Crippen LogP contribution in [-0.4, -0.2) is 62.8 Å². The monoisotopic (exact) mass is 394 g/mol. The zero-order valence-corrected chi connectivity index (χ0v) is 14.6. The smallest absolute Gasteiger partial charge is 0.265 e. The molecular weight excluding hydrogens is 376 g/mol. The van der Waals surface area contributed by atoms with Gasteiger partial charge in [0.15, 0.2) is 0 Å². The summed E-state index contributed by atoms with van der Waals surface area (Å²) in [5.41, 5.74) is -2.34. The second-order valence-corrected chi connectivity index (χ2v) is 9.22. The Hall–Kier alpha value is -0.990. The molecule has 0 atom stereocenters. The normalized spacial score (nSPS) is 14.5. The predicted octanol–water partition coefficient (Wildman–Crippen LogP) is -0.257. The first kappa shape index (κ1) is 22.0. The molecular formula is C10H18O10S3. The zero-order chi connectivity index (χ0) is 18.5. The van der Waals surface area contributed by atoms with E-state index < -0.39 is 59.6 Å². The van der Waals surface area contributed by atoms with Gasteiger partial charge in [-0.3, -0.25) is 13.7 Å². The van der Waals surface area contributed by atoms with Gasteiger partial charge >= 0.3 is 0 Å². The molecule has 0 unspecified atom stereocenters. The van der Waals surface area contributed by atoms with Crippen molar-refractivity contribution in [2.75, 3.05) is 23.9 Å². The van der Waals surface area contributed by atoms with Gasteiger partial charge in [0.1, 0.15) is 5.76 Å². The highest BCUT2D eigenvalue weighted by molar-refractivity contribution is 7.87. The first-order valence-electron chi connectivity index (χ1n) is 5.88. The molecule has 0 bridgehead atoms. The SMILES string of the molecule is C=CC(=CC)OCC(CS(=O)(=O)O)(CS(=O)(=O)O)CS(=O)(=O)O. The third kappa shape index (κ3) is 10.4. The topological polar surface area (TPSA) is 172 Å². The highest BCUT2D eigenvalue weighted by atomic mass is 32.2. The fourth-order valence-corrected chi connectivity index (χ4v) is 5.48. The molecule has 13 heteroatoms. The van der Waals surface area contributed by atoms with Gasteiger partial charge in [-0.2, -0.15) is 25.3 Å². The van der Waals surface area contributed by atoms with E-state index in [1.54, 1.807) is 0 Å². The van der Waals surface area contributed by atoms with Crippen molar-refractivity contribution >= 4 is 30.4 Å². The maximum atomic E-state index is 11.1. The lowest BCUT2D eigenvalue weighted by Gasteiger charge is -2.30. The number of rotatable bonds is 10. The molecule has 0 heterocycles. The summed E-state index contributed by atoms with van der Waals surface area (Å²) < 4.78 is 98.6. The van der Waals surface area contributed by atoms with E-state index in [2.05, 4.69) is 6.58 Å². The van der Waals surface area contributed by atoms with Crippen LogP contribution < -0.4 is 0 Å². The van der Waals surface area contributed by atoms with Crippen molar-refractivity contribution in [3.05, 3.63) is 24.5 Å². The number of hydrogen-bond donors (Lipinski definition) is 3. The van der Waals surface area contributed by atoms with E-state index in [9.17, 15) is 25.3 Å². The average molecular weight is 394 g/mol. The Morgan fingerprint density at radius 3 is 1.52 bits per heavy atom. The Bertz CT molecular complexity index is 674. The van der Waals surface area contributed by atoms with Crippen LogP contribution in [0.15, 0.2) is 24.5 Å². The van der Waals surface area contributed by atoms with Gasteiger partial charge in [-0.1, -0.05) is 6.58 Å². The van der Waals surface area contributed by atoms with Crippen molar-refractivity contribution in [2.45, 2.75) is 6.92 Å². The molecule has 0 aromatic heterocycles. The zero-order valence-electron chi connectivity index (χ0n) is 12.1. The van der Waals surface area contributed by atoms with Gasteiger partial charge in [0.2, 0.25) is 0 Å². The van der Waals surface area contributed by atoms with Crippen LogP contribution in [-0.2, 0) is 35.1 Å². The first-order valence-corrected chi connectivity index (χ1v) is 10.7. The second-order valence-electron chi connectivity index (χ2n) is 4.86. The fourth-order valence-electron chi connectivity index (χ4n) is 1.91. The second kappa shape index (κ2) is 7.72. The summed E-state index contributed by atoms with van der Waals surface area (Å²) in [6, 6.07) is 0. The molecule has 0 aliphatic heterocycles. The molecule has 3 N–H and O–H groups in total. The molecule has 0 saturated heterocycles. The maximum absolute atomic E-state index is 11.1. The molecule has 0 rings (SSSR count). The van der Waals surface area contributed by atoms with Gasteiger partial charge in [-0.25, -0.2) is 0 Å². The minimum absolute atomic E-state index is 0.0652. The molecule has 0 amide bonds. The summed E-state index contributed by atoms with van der Waals surface area (Å²) in [7, 11) is -14.6. The molecule has 0 aliphatic rings. The van der Waals surface area contributed by atoms with Crippen molar-refractivity contribution in [1.82, 2.24) is 0 Å². The summed E-state index contributed by atoms with van der Waals surface area (Å²) >= 11 is 0. The van der Waals surface area contributed by atoms with Crippen molar-refractivity contribution in [3.63, 3.8) is 0 Å². The van der Waals surface area contributed by atoms with E-state index in [0.717, 1.165) is 0 Å². The summed E-state index contributed by atoms with van der Waals surface area (Å²) in [5.74, 6) is -4.08. The van der Waals surface area contributed by atoms with Crippen LogP contribution in [0.5, 0.6) is 0 Å². The molecule has 10 nitrogen and oxygen atoms in total. The molecule has 0 spiro atoms. The molecule has 0 aliphatic carbocycles. The largest absolute Gasteiger partial charge is 0.493 e. The highest BCUT2D eigenvalue weighted by Gasteiger charge is 2.43. The Morgan fingerprint density at radius 1 is 0.957 bits per heavy atom. The van der Waals surface area contributed by atoms with Gasteiger partial charge in [0.05, 0.1) is 29.3 Å². The third-order valence-electron chi connectivity index (χ3n) is 2.50. The molecule has 0 aromatic carbocycles. The highest BCUT2D eigenvalue weighted by Crippen LogP contribution is 2.26. The van der Waals surface area contributed by atoms with Gasteiger partial charge in [0.25, 0.3) is 30.4 Å². The lowest BCUT2D eigenvalue weighted by molar-refractivity contribution is 0.136. The number of ether oxygens (including phenoxy) is 1. The fraction of sp³-hybridized carbons (Fsp3) is 0.600. The van der Waals surface area contributed by atoms with Gasteiger partial charge < -0.3 is 4.74 Å². The van der Waals surface area contributed by atoms with Crippen molar-refractivity contribution in [3.8, 4) is 0 Å². The Balaban J connectivity index is 5.95. The van der Waals surface area contributed by atoms with E-state index in [4.69, 9.17) is 18.4 Å². The van der Waals surface area contributed by atoms with E-state index in [-0.39, 0.29) is 5.76 Å². The Kier molecular flexibility index (Phi) is 7.39. The van der Waals surface area contributed by atoms with Crippen molar-refractivity contribution in [2.24, 2.45) is 5.41 Å². The van der Waals surface area contributed by atoms with Crippen LogP contribution in [0, 0.1) is 5.41 Å². The van der Waals surface area contributed by atoms with E-state index in [1.807, 2.05) is 0 Å². The summed E-state index contributed by atoms with van der Waals surface area (Å²) in [6.07, 6.45) is 2.55. The third-order valence-corrected chi connectivity index (χ3v) is 5.43. The van der Waals surface area contributed by atoms with Crippen LogP contribution in [0.3, 0.4) is 0 Å². The lowest BCUT2D eigenvalue weighted by atomic mass is 9.97. The Morgan fingerprint density at radius 2 is 1.30 bits per heavy atom. The average Bonchev–Trinajstić information content (AvgIpc) is 2.22. The minimum Gasteiger partial charge on any atom is -0.493 e. The van der Waals surface area contributed by atoms with E-state index in [1.165, 1.54) is 19.1 Å². The van der Waals surface area contributed by atoms with Crippen LogP contribution in [0.4, 0.5) is 0 Å². The molecule has 0 fully saturated rings. The number of hydrogen-bond acceptors (Lipinski definition) is 7. The van der Waals surface area contributed by atoms with Crippen molar-refractivity contribution in [1.29, 1.82) is 0 Å². The van der Waals surface area contributed by atoms with Crippen LogP contribution >= 0.6 is 0 Å². The first-order chi connectivity index (χ1) is 10.1. The van der Waals surface area contributed by atoms with Crippen molar-refractivity contribution < 1.29 is 43.6 Å². The molecule has 0 radical (unpaired) electrons. The van der Waals surface area contributed by atoms with E-state index >= 15 is 0 Å². The van der Waals surface area contributed by atoms with Crippen LogP contribution in [0.25, 0.3) is 0 Å². The maximum Gasteiger partial charge on any atom is 0.265 e. The summed E-state index contributed by atoms with van der Waals surface area (Å²) in [5, 5.41) is 0. The molecule has 23 heavy (non-hydrogen) atoms. The summed E-state index contributed by atoms with van der Waals surface area (Å²) in [6.45, 7) is 4.02. The standard InChI is InChI=1S/C10H18O10S3/c1-3-9(4-2)20-5-10(6-21(11,12)13,7-22(14,15)16)8-23(17,18)19/h3-4H,1,5-8H2,2H3,(H,11,12,13)(H,14,15,16)(H,17,18,19).